The maximum absolute atomic E-state index is 4.92. The highest BCUT2D eigenvalue weighted by Gasteiger charge is 2.16. The molecule has 1 aliphatic heterocycles. The largest absolute Gasteiger partial charge is 0.362 e. The maximum Gasteiger partial charge on any atom is 0.157 e. The summed E-state index contributed by atoms with van der Waals surface area (Å²) >= 11 is 1.91. The number of hydrogen-bond donors (Lipinski definition) is 1. The van der Waals surface area contributed by atoms with E-state index in [1.165, 1.54) is 62.3 Å². The summed E-state index contributed by atoms with van der Waals surface area (Å²) in [7, 11) is 0. The van der Waals surface area contributed by atoms with Gasteiger partial charge in [-0.3, -0.25) is 4.99 Å². The van der Waals surface area contributed by atoms with Gasteiger partial charge in [0.1, 0.15) is 0 Å². The van der Waals surface area contributed by atoms with E-state index in [0.29, 0.717) is 12.1 Å². The Morgan fingerprint density at radius 1 is 1.06 bits per heavy atom. The molecule has 1 saturated heterocycles. The zero-order valence-electron chi connectivity index (χ0n) is 10.4. The van der Waals surface area contributed by atoms with Crippen LogP contribution in [0.15, 0.2) is 4.99 Å². The molecule has 2 nitrogen and oxygen atoms in total. The maximum atomic E-state index is 4.92. The van der Waals surface area contributed by atoms with Crippen LogP contribution in [0.25, 0.3) is 0 Å². The van der Waals surface area contributed by atoms with E-state index in [-0.39, 0.29) is 0 Å². The molecule has 16 heavy (non-hydrogen) atoms. The van der Waals surface area contributed by atoms with Gasteiger partial charge in [0, 0.05) is 11.8 Å². The molecule has 0 radical (unpaired) electrons. The molecule has 1 aliphatic carbocycles. The number of rotatable bonds is 1. The summed E-state index contributed by atoms with van der Waals surface area (Å²) in [6, 6.07) is 1.22. The van der Waals surface area contributed by atoms with Gasteiger partial charge >= 0.3 is 0 Å². The van der Waals surface area contributed by atoms with Gasteiger partial charge in [-0.1, -0.05) is 43.9 Å². The number of aliphatic imine (C=N–C) groups is 1. The molecule has 1 saturated carbocycles. The van der Waals surface area contributed by atoms with E-state index in [2.05, 4.69) is 12.2 Å². The van der Waals surface area contributed by atoms with E-state index in [4.69, 9.17) is 4.99 Å². The first-order valence-electron chi connectivity index (χ1n) is 6.82. The second kappa shape index (κ2) is 6.53. The van der Waals surface area contributed by atoms with Crippen LogP contribution < -0.4 is 5.32 Å². The van der Waals surface area contributed by atoms with Crippen molar-refractivity contribution in [3.05, 3.63) is 0 Å². The highest BCUT2D eigenvalue weighted by molar-refractivity contribution is 8.13. The van der Waals surface area contributed by atoms with Gasteiger partial charge in [0.2, 0.25) is 0 Å². The third-order valence-corrected chi connectivity index (χ3v) is 4.47. The zero-order chi connectivity index (χ0) is 11.2. The van der Waals surface area contributed by atoms with Gasteiger partial charge < -0.3 is 5.32 Å². The van der Waals surface area contributed by atoms with Gasteiger partial charge in [0.25, 0.3) is 0 Å². The molecule has 1 N–H and O–H groups in total. The van der Waals surface area contributed by atoms with Crippen molar-refractivity contribution in [2.24, 2.45) is 4.99 Å². The molecule has 2 rings (SSSR count). The molecule has 2 aliphatic rings. The van der Waals surface area contributed by atoms with Crippen LogP contribution in [0.1, 0.15) is 58.3 Å². The smallest absolute Gasteiger partial charge is 0.157 e. The molecule has 0 amide bonds. The predicted molar refractivity (Wildman–Crippen MR) is 73.2 cm³/mol. The molecular formula is C13H24N2S. The third-order valence-electron chi connectivity index (χ3n) is 3.53. The summed E-state index contributed by atoms with van der Waals surface area (Å²) in [4.78, 5) is 4.92. The van der Waals surface area contributed by atoms with E-state index in [9.17, 15) is 0 Å². The van der Waals surface area contributed by atoms with Crippen LogP contribution in [0.5, 0.6) is 0 Å². The normalized spacial score (nSPS) is 31.8. The topological polar surface area (TPSA) is 24.4 Å². The van der Waals surface area contributed by atoms with Crippen molar-refractivity contribution >= 4 is 16.9 Å². The van der Waals surface area contributed by atoms with E-state index in [1.807, 2.05) is 11.8 Å². The molecule has 0 aromatic rings. The monoisotopic (exact) mass is 240 g/mol. The number of nitrogens with zero attached hydrogens (tertiary/aromatic N) is 1. The molecule has 2 fully saturated rings. The summed E-state index contributed by atoms with van der Waals surface area (Å²) in [6.45, 7) is 2.26. The number of amidine groups is 1. The Kier molecular flexibility index (Phi) is 5.01. The molecule has 0 bridgehead atoms. The molecule has 1 unspecified atom stereocenters. The summed E-state index contributed by atoms with van der Waals surface area (Å²) in [5.41, 5.74) is 0. The lowest BCUT2D eigenvalue weighted by atomic mass is 9.97. The fourth-order valence-electron chi connectivity index (χ4n) is 2.46. The lowest BCUT2D eigenvalue weighted by Gasteiger charge is -2.24. The Labute approximate surface area is 104 Å². The van der Waals surface area contributed by atoms with E-state index >= 15 is 0 Å². The van der Waals surface area contributed by atoms with Crippen molar-refractivity contribution in [3.63, 3.8) is 0 Å². The van der Waals surface area contributed by atoms with Crippen molar-refractivity contribution in [2.75, 3.05) is 5.75 Å². The fraction of sp³-hybridized carbons (Fsp3) is 0.923. The van der Waals surface area contributed by atoms with Gasteiger partial charge in [0.05, 0.1) is 6.04 Å². The molecule has 0 aromatic heterocycles. The molecule has 3 heteroatoms. The van der Waals surface area contributed by atoms with Crippen molar-refractivity contribution in [1.82, 2.24) is 5.32 Å². The zero-order valence-corrected chi connectivity index (χ0v) is 11.2. The molecule has 0 spiro atoms. The Morgan fingerprint density at radius 2 is 1.75 bits per heavy atom. The average Bonchev–Trinajstić information content (AvgIpc) is 2.22. The standard InChI is InChI=1S/C13H24N2S/c1-11-9-10-16-13(14-11)15-12-7-5-3-2-4-6-8-12/h11-12H,2-10H2,1H3,(H,14,15). The molecule has 1 atom stereocenters. The van der Waals surface area contributed by atoms with Crippen LogP contribution in [0.3, 0.4) is 0 Å². The van der Waals surface area contributed by atoms with Crippen LogP contribution in [0, 0.1) is 0 Å². The predicted octanol–water partition coefficient (Wildman–Crippen LogP) is 3.57. The number of thioether (sulfide) groups is 1. The van der Waals surface area contributed by atoms with Crippen molar-refractivity contribution in [3.8, 4) is 0 Å². The van der Waals surface area contributed by atoms with Crippen molar-refractivity contribution in [2.45, 2.75) is 70.4 Å². The van der Waals surface area contributed by atoms with E-state index in [1.54, 1.807) is 0 Å². The van der Waals surface area contributed by atoms with Gasteiger partial charge in [-0.25, -0.2) is 0 Å². The molecular weight excluding hydrogens is 216 g/mol. The minimum atomic E-state index is 0.598. The van der Waals surface area contributed by atoms with Gasteiger partial charge in [-0.2, -0.15) is 0 Å². The summed E-state index contributed by atoms with van der Waals surface area (Å²) in [5, 5.41) is 4.72. The second-order valence-electron chi connectivity index (χ2n) is 5.12. The fourth-order valence-corrected chi connectivity index (χ4v) is 3.63. The quantitative estimate of drug-likeness (QED) is 0.757. The molecule has 1 heterocycles. The second-order valence-corrected chi connectivity index (χ2v) is 6.20. The highest BCUT2D eigenvalue weighted by atomic mass is 32.2. The number of hydrogen-bond acceptors (Lipinski definition) is 2. The van der Waals surface area contributed by atoms with Crippen molar-refractivity contribution < 1.29 is 0 Å². The summed E-state index contributed by atoms with van der Waals surface area (Å²) in [6.07, 6.45) is 10.9. The van der Waals surface area contributed by atoms with Gasteiger partial charge in [0.15, 0.2) is 5.17 Å². The first-order valence-corrected chi connectivity index (χ1v) is 7.80. The van der Waals surface area contributed by atoms with Crippen LogP contribution >= 0.6 is 11.8 Å². The summed E-state index contributed by atoms with van der Waals surface area (Å²) < 4.78 is 0. The number of nitrogens with one attached hydrogen (secondary N) is 1. The first kappa shape index (κ1) is 12.3. The molecule has 92 valence electrons. The Bertz CT molecular complexity index is 232. The highest BCUT2D eigenvalue weighted by Crippen LogP contribution is 2.22. The lowest BCUT2D eigenvalue weighted by molar-refractivity contribution is 0.454. The van der Waals surface area contributed by atoms with Crippen LogP contribution in [-0.4, -0.2) is 23.0 Å². The van der Waals surface area contributed by atoms with E-state index < -0.39 is 0 Å². The third kappa shape index (κ3) is 4.00. The summed E-state index contributed by atoms with van der Waals surface area (Å²) in [5.74, 6) is 1.24. The van der Waals surface area contributed by atoms with Crippen molar-refractivity contribution in [1.29, 1.82) is 0 Å². The molecule has 0 aromatic carbocycles. The van der Waals surface area contributed by atoms with Crippen LogP contribution in [-0.2, 0) is 0 Å². The minimum absolute atomic E-state index is 0.598. The Hall–Kier alpha value is -0.180. The van der Waals surface area contributed by atoms with Crippen LogP contribution in [0.4, 0.5) is 0 Å². The first-order chi connectivity index (χ1) is 7.84. The minimum Gasteiger partial charge on any atom is -0.362 e. The van der Waals surface area contributed by atoms with Crippen LogP contribution in [0.2, 0.25) is 0 Å². The Balaban J connectivity index is 1.87. The van der Waals surface area contributed by atoms with E-state index in [0.717, 1.165) is 0 Å². The van der Waals surface area contributed by atoms with Gasteiger partial charge in [-0.05, 0) is 26.2 Å². The SMILES string of the molecule is CC1CCSC(=NC2CCCCCCC2)N1. The Morgan fingerprint density at radius 3 is 2.44 bits per heavy atom. The lowest BCUT2D eigenvalue weighted by Crippen LogP contribution is -2.36. The average molecular weight is 240 g/mol. The van der Waals surface area contributed by atoms with Gasteiger partial charge in [-0.15, -0.1) is 0 Å².